The van der Waals surface area contributed by atoms with Crippen LogP contribution in [0.5, 0.6) is 5.75 Å². The third kappa shape index (κ3) is 5.63. The molecule has 5 aromatic rings. The average molecular weight is 625 g/mol. The SMILES string of the molecule is [C-]#[N+]c1sccc1-c1c(-c2cccs2)n(S(=O)(=O)c2ccc(Cl)cc2)c2cc(CCC(=O)OC(C)(C)C)c(O)cc12. The Balaban J connectivity index is 1.82. The van der Waals surface area contributed by atoms with Gasteiger partial charge in [-0.3, -0.25) is 4.79 Å². The predicted octanol–water partition coefficient (Wildman–Crippen LogP) is 8.52. The lowest BCUT2D eigenvalue weighted by Crippen LogP contribution is -2.24. The molecule has 0 unspecified atom stereocenters. The summed E-state index contributed by atoms with van der Waals surface area (Å²) in [5.41, 5.74) is 1.55. The van der Waals surface area contributed by atoms with Crippen molar-refractivity contribution < 1.29 is 23.1 Å². The van der Waals surface area contributed by atoms with Crippen LogP contribution in [0.3, 0.4) is 0 Å². The molecule has 2 aromatic carbocycles. The van der Waals surface area contributed by atoms with Crippen LogP contribution in [0.4, 0.5) is 5.00 Å². The van der Waals surface area contributed by atoms with Crippen LogP contribution in [-0.4, -0.2) is 29.1 Å². The molecule has 0 aliphatic heterocycles. The number of halogens is 1. The molecule has 0 aliphatic rings. The van der Waals surface area contributed by atoms with Gasteiger partial charge in [-0.25, -0.2) is 17.2 Å². The Hall–Kier alpha value is -3.62. The predicted molar refractivity (Wildman–Crippen MR) is 165 cm³/mol. The lowest BCUT2D eigenvalue weighted by Gasteiger charge is -2.19. The van der Waals surface area contributed by atoms with E-state index in [-0.39, 0.29) is 23.5 Å². The van der Waals surface area contributed by atoms with Crippen LogP contribution in [0.25, 0.3) is 37.4 Å². The number of aromatic nitrogens is 1. The number of aryl methyl sites for hydroxylation is 1. The molecule has 3 heterocycles. The zero-order valence-electron chi connectivity index (χ0n) is 22.3. The van der Waals surface area contributed by atoms with Gasteiger partial charge in [-0.15, -0.1) is 11.3 Å². The van der Waals surface area contributed by atoms with E-state index >= 15 is 0 Å². The quantitative estimate of drug-likeness (QED) is 0.145. The van der Waals surface area contributed by atoms with E-state index in [0.717, 1.165) is 0 Å². The van der Waals surface area contributed by atoms with Crippen molar-refractivity contribution >= 4 is 66.2 Å². The van der Waals surface area contributed by atoms with Gasteiger partial charge in [-0.2, -0.15) is 11.3 Å². The minimum atomic E-state index is -4.20. The number of nitrogens with zero attached hydrogens (tertiary/aromatic N) is 2. The van der Waals surface area contributed by atoms with Gasteiger partial charge in [0.15, 0.2) is 0 Å². The van der Waals surface area contributed by atoms with Crippen molar-refractivity contribution in [3.05, 3.63) is 87.4 Å². The number of hydrogen-bond acceptors (Lipinski definition) is 7. The number of phenolic OH excluding ortho intramolecular Hbond substituents is 1. The number of rotatable bonds is 7. The minimum Gasteiger partial charge on any atom is -0.508 e. The topological polar surface area (TPSA) is 90.0 Å². The molecule has 5 rings (SSSR count). The summed E-state index contributed by atoms with van der Waals surface area (Å²) in [7, 11) is -4.20. The smallest absolute Gasteiger partial charge is 0.306 e. The summed E-state index contributed by atoms with van der Waals surface area (Å²) in [6.07, 6.45) is 0.135. The fourth-order valence-corrected chi connectivity index (χ4v) is 7.78. The van der Waals surface area contributed by atoms with E-state index in [9.17, 15) is 18.3 Å². The van der Waals surface area contributed by atoms with Crippen LogP contribution in [0.2, 0.25) is 5.02 Å². The summed E-state index contributed by atoms with van der Waals surface area (Å²) >= 11 is 8.69. The summed E-state index contributed by atoms with van der Waals surface area (Å²) in [6, 6.07) is 14.5. The van der Waals surface area contributed by atoms with Gasteiger partial charge in [0.1, 0.15) is 11.4 Å². The highest BCUT2D eigenvalue weighted by atomic mass is 35.5. The molecule has 7 nitrogen and oxygen atoms in total. The third-order valence-electron chi connectivity index (χ3n) is 6.27. The number of carbonyl (C=O) groups excluding carboxylic acids is 1. The van der Waals surface area contributed by atoms with Crippen molar-refractivity contribution in [3.8, 4) is 27.4 Å². The van der Waals surface area contributed by atoms with Gasteiger partial charge in [0, 0.05) is 28.0 Å². The molecular formula is C30H25ClN2O5S3. The molecule has 0 aliphatic carbocycles. The molecule has 3 aromatic heterocycles. The molecule has 0 radical (unpaired) electrons. The second-order valence-electron chi connectivity index (χ2n) is 10.3. The molecule has 1 N–H and O–H groups in total. The molecule has 0 bridgehead atoms. The first-order chi connectivity index (χ1) is 19.4. The highest BCUT2D eigenvalue weighted by Gasteiger charge is 2.31. The number of carbonyl (C=O) groups is 1. The van der Waals surface area contributed by atoms with Crippen LogP contribution in [0.1, 0.15) is 32.8 Å². The zero-order valence-corrected chi connectivity index (χ0v) is 25.5. The Kier molecular flexibility index (Phi) is 7.74. The van der Waals surface area contributed by atoms with Crippen LogP contribution in [-0.2, 0) is 26.0 Å². The highest BCUT2D eigenvalue weighted by molar-refractivity contribution is 7.90. The molecule has 11 heteroatoms. The first-order valence-corrected chi connectivity index (χ1v) is 16.1. The average Bonchev–Trinajstić information content (AvgIpc) is 3.65. The first kappa shape index (κ1) is 28.9. The number of esters is 1. The number of benzene rings is 2. The summed E-state index contributed by atoms with van der Waals surface area (Å²) in [5, 5.41) is 16.0. The van der Waals surface area contributed by atoms with Crippen LogP contribution in [0.15, 0.2) is 70.3 Å². The summed E-state index contributed by atoms with van der Waals surface area (Å²) < 4.78 is 35.4. The molecule has 0 amide bonds. The summed E-state index contributed by atoms with van der Waals surface area (Å²) in [6.45, 7) is 13.1. The van der Waals surface area contributed by atoms with E-state index in [0.29, 0.717) is 48.2 Å². The summed E-state index contributed by atoms with van der Waals surface area (Å²) in [5.74, 6) is -0.512. The number of phenols is 1. The van der Waals surface area contributed by atoms with Crippen molar-refractivity contribution in [1.29, 1.82) is 0 Å². The fourth-order valence-electron chi connectivity index (χ4n) is 4.62. The lowest BCUT2D eigenvalue weighted by molar-refractivity contribution is -0.154. The molecule has 0 fully saturated rings. The summed E-state index contributed by atoms with van der Waals surface area (Å²) in [4.78, 5) is 16.8. The number of thiophene rings is 2. The van der Waals surface area contributed by atoms with Gasteiger partial charge in [0.25, 0.3) is 10.0 Å². The molecule has 0 atom stereocenters. The second kappa shape index (κ2) is 11.0. The van der Waals surface area contributed by atoms with Crippen LogP contribution >= 0.6 is 34.3 Å². The standard InChI is InChI=1S/C30H25ClN2O5S3/c1-30(2,3)38-26(35)12-7-18-16-23-22(17-24(18)34)27(21-13-15-40-29(21)32-4)28(25-6-5-14-39-25)33(23)41(36,37)20-10-8-19(31)9-11-20/h5-6,8-11,13-17,34H,7,12H2,1-3H3. The largest absolute Gasteiger partial charge is 0.508 e. The Labute approximate surface area is 251 Å². The molecule has 0 spiro atoms. The van der Waals surface area contributed by atoms with Gasteiger partial charge in [-0.1, -0.05) is 23.7 Å². The van der Waals surface area contributed by atoms with Crippen molar-refractivity contribution in [2.75, 3.05) is 0 Å². The van der Waals surface area contributed by atoms with E-state index < -0.39 is 21.6 Å². The first-order valence-electron chi connectivity index (χ1n) is 12.5. The molecule has 0 saturated heterocycles. The van der Waals surface area contributed by atoms with Gasteiger partial charge in [0.05, 0.1) is 27.6 Å². The number of fused-ring (bicyclic) bond motifs is 1. The van der Waals surface area contributed by atoms with Gasteiger partial charge >= 0.3 is 5.97 Å². The fraction of sp³-hybridized carbons (Fsp3) is 0.200. The maximum atomic E-state index is 14.4. The van der Waals surface area contributed by atoms with E-state index in [4.69, 9.17) is 22.9 Å². The third-order valence-corrected chi connectivity index (χ3v) is 9.93. The van der Waals surface area contributed by atoms with Gasteiger partial charge in [-0.05, 0) is 86.0 Å². The van der Waals surface area contributed by atoms with Crippen molar-refractivity contribution in [2.45, 2.75) is 44.1 Å². The maximum absolute atomic E-state index is 14.4. The maximum Gasteiger partial charge on any atom is 0.306 e. The van der Waals surface area contributed by atoms with Crippen LogP contribution < -0.4 is 0 Å². The number of hydrogen-bond donors (Lipinski definition) is 1. The van der Waals surface area contributed by atoms with E-state index in [2.05, 4.69) is 4.85 Å². The van der Waals surface area contributed by atoms with E-state index in [1.807, 2.05) is 17.5 Å². The Bertz CT molecular complexity index is 1910. The van der Waals surface area contributed by atoms with Gasteiger partial charge < -0.3 is 9.84 Å². The van der Waals surface area contributed by atoms with E-state index in [1.54, 1.807) is 38.3 Å². The lowest BCUT2D eigenvalue weighted by atomic mass is 10.0. The molecular weight excluding hydrogens is 600 g/mol. The Morgan fingerprint density at radius 2 is 1.83 bits per heavy atom. The number of ether oxygens (including phenoxy) is 1. The van der Waals surface area contributed by atoms with E-state index in [1.165, 1.54) is 57.0 Å². The van der Waals surface area contributed by atoms with Crippen molar-refractivity contribution in [2.24, 2.45) is 0 Å². The highest BCUT2D eigenvalue weighted by Crippen LogP contribution is 2.49. The Morgan fingerprint density at radius 3 is 2.46 bits per heavy atom. The number of aromatic hydroxyl groups is 1. The molecule has 210 valence electrons. The normalized spacial score (nSPS) is 12.0. The van der Waals surface area contributed by atoms with Gasteiger partial charge in [0.2, 0.25) is 5.00 Å². The monoisotopic (exact) mass is 624 g/mol. The Morgan fingerprint density at radius 1 is 1.10 bits per heavy atom. The van der Waals surface area contributed by atoms with Crippen molar-refractivity contribution in [1.82, 2.24) is 3.97 Å². The van der Waals surface area contributed by atoms with Crippen molar-refractivity contribution in [3.63, 3.8) is 0 Å². The zero-order chi connectivity index (χ0) is 29.5. The second-order valence-corrected chi connectivity index (χ2v) is 14.3. The molecule has 0 saturated carbocycles. The molecule has 41 heavy (non-hydrogen) atoms. The van der Waals surface area contributed by atoms with Crippen LogP contribution in [0, 0.1) is 6.57 Å². The minimum absolute atomic E-state index is 0.00196.